The van der Waals surface area contributed by atoms with Crippen LogP contribution in [0.5, 0.6) is 0 Å². The summed E-state index contributed by atoms with van der Waals surface area (Å²) in [5.74, 6) is 2.20. The van der Waals surface area contributed by atoms with Crippen LogP contribution in [-0.4, -0.2) is 52.5 Å². The monoisotopic (exact) mass is 250 g/mol. The van der Waals surface area contributed by atoms with E-state index in [4.69, 9.17) is 4.74 Å². The normalized spacial score (nSPS) is 25.1. The van der Waals surface area contributed by atoms with Gasteiger partial charge in [-0.15, -0.1) is 0 Å². The Labute approximate surface area is 108 Å². The fraction of sp³-hybridized carbons (Fsp3) is 0.846. The molecule has 1 fully saturated rings. The zero-order valence-electron chi connectivity index (χ0n) is 11.1. The molecule has 1 saturated heterocycles. The quantitative estimate of drug-likeness (QED) is 0.804. The van der Waals surface area contributed by atoms with Crippen molar-refractivity contribution in [2.45, 2.75) is 38.6 Å². The van der Waals surface area contributed by atoms with Crippen molar-refractivity contribution in [2.75, 3.05) is 32.8 Å². The van der Waals surface area contributed by atoms with Crippen molar-refractivity contribution in [2.24, 2.45) is 0 Å². The first kappa shape index (κ1) is 12.1. The molecule has 5 nitrogen and oxygen atoms in total. The number of hydrogen-bond acceptors (Lipinski definition) is 4. The third-order valence-corrected chi connectivity index (χ3v) is 3.94. The molecule has 0 spiro atoms. The van der Waals surface area contributed by atoms with Gasteiger partial charge in [-0.05, 0) is 19.8 Å². The number of rotatable bonds is 3. The van der Waals surface area contributed by atoms with E-state index in [0.717, 1.165) is 51.5 Å². The smallest absolute Gasteiger partial charge is 0.152 e. The largest absolute Gasteiger partial charge is 0.379 e. The molecule has 0 aromatic carbocycles. The first-order valence-corrected chi connectivity index (χ1v) is 7.07. The molecule has 0 amide bonds. The van der Waals surface area contributed by atoms with Gasteiger partial charge in [0.1, 0.15) is 5.82 Å². The zero-order valence-corrected chi connectivity index (χ0v) is 11.1. The van der Waals surface area contributed by atoms with Crippen LogP contribution in [0.1, 0.15) is 37.5 Å². The highest BCUT2D eigenvalue weighted by Crippen LogP contribution is 2.22. The van der Waals surface area contributed by atoms with E-state index in [1.165, 1.54) is 18.7 Å². The van der Waals surface area contributed by atoms with Gasteiger partial charge >= 0.3 is 0 Å². The fourth-order valence-electron chi connectivity index (χ4n) is 2.79. The van der Waals surface area contributed by atoms with Gasteiger partial charge in [-0.3, -0.25) is 4.90 Å². The van der Waals surface area contributed by atoms with Gasteiger partial charge in [0.2, 0.25) is 0 Å². The average molecular weight is 250 g/mol. The second-order valence-corrected chi connectivity index (χ2v) is 5.33. The number of ether oxygens (including phenoxy) is 1. The molecule has 3 rings (SSSR count). The van der Waals surface area contributed by atoms with Crippen LogP contribution in [0, 0.1) is 0 Å². The van der Waals surface area contributed by atoms with Crippen LogP contribution in [0.25, 0.3) is 0 Å². The van der Waals surface area contributed by atoms with Gasteiger partial charge in [0, 0.05) is 32.5 Å². The van der Waals surface area contributed by atoms with Crippen LogP contribution < -0.4 is 0 Å². The molecule has 100 valence electrons. The van der Waals surface area contributed by atoms with Gasteiger partial charge in [-0.2, -0.15) is 5.10 Å². The van der Waals surface area contributed by atoms with Gasteiger partial charge in [0.25, 0.3) is 0 Å². The van der Waals surface area contributed by atoms with Crippen LogP contribution in [0.2, 0.25) is 0 Å². The Morgan fingerprint density at radius 2 is 2.17 bits per heavy atom. The van der Waals surface area contributed by atoms with Crippen molar-refractivity contribution < 1.29 is 4.74 Å². The molecule has 0 N–H and O–H groups in total. The summed E-state index contributed by atoms with van der Waals surface area (Å²) in [7, 11) is 0. The second kappa shape index (κ2) is 5.36. The van der Waals surface area contributed by atoms with Gasteiger partial charge in [0.05, 0.1) is 19.3 Å². The molecule has 2 aliphatic heterocycles. The third kappa shape index (κ3) is 2.57. The Kier molecular flexibility index (Phi) is 3.61. The number of fused-ring (bicyclic) bond motifs is 1. The second-order valence-electron chi connectivity index (χ2n) is 5.33. The summed E-state index contributed by atoms with van der Waals surface area (Å²) < 4.78 is 7.49. The number of hydrogen-bond donors (Lipinski definition) is 0. The average Bonchev–Trinajstić information content (AvgIpc) is 2.82. The first-order chi connectivity index (χ1) is 8.83. The molecule has 0 bridgehead atoms. The van der Waals surface area contributed by atoms with Crippen molar-refractivity contribution in [3.63, 3.8) is 0 Å². The molecular formula is C13H22N4O. The van der Waals surface area contributed by atoms with Gasteiger partial charge in [-0.25, -0.2) is 9.67 Å². The van der Waals surface area contributed by atoms with E-state index in [9.17, 15) is 0 Å². The molecule has 5 heteroatoms. The highest BCUT2D eigenvalue weighted by molar-refractivity contribution is 4.98. The molecule has 1 atom stereocenters. The molecule has 3 heterocycles. The van der Waals surface area contributed by atoms with E-state index >= 15 is 0 Å². The molecule has 1 aromatic heterocycles. The number of aromatic nitrogens is 3. The van der Waals surface area contributed by atoms with Crippen LogP contribution in [0.3, 0.4) is 0 Å². The summed E-state index contributed by atoms with van der Waals surface area (Å²) in [4.78, 5) is 7.12. The van der Waals surface area contributed by atoms with Crippen molar-refractivity contribution in [1.29, 1.82) is 0 Å². The minimum absolute atomic E-state index is 0.526. The van der Waals surface area contributed by atoms with Gasteiger partial charge < -0.3 is 4.74 Å². The Balaban J connectivity index is 1.59. The molecule has 2 aliphatic rings. The number of morpholine rings is 1. The molecule has 1 unspecified atom stereocenters. The standard InChI is InChI=1S/C13H22N4O/c1-11-3-2-4-13-14-12(15-17(11)13)5-6-16-7-9-18-10-8-16/h11H,2-10H2,1H3. The predicted octanol–water partition coefficient (Wildman–Crippen LogP) is 1.05. The van der Waals surface area contributed by atoms with Crippen LogP contribution in [0.15, 0.2) is 0 Å². The van der Waals surface area contributed by atoms with E-state index in [-0.39, 0.29) is 0 Å². The minimum Gasteiger partial charge on any atom is -0.379 e. The summed E-state index contributed by atoms with van der Waals surface area (Å²) in [6.45, 7) is 7.12. The first-order valence-electron chi connectivity index (χ1n) is 7.07. The number of nitrogens with zero attached hydrogens (tertiary/aromatic N) is 4. The van der Waals surface area contributed by atoms with Crippen molar-refractivity contribution in [1.82, 2.24) is 19.7 Å². The molecule has 1 aromatic rings. The molecule has 0 radical (unpaired) electrons. The lowest BCUT2D eigenvalue weighted by molar-refractivity contribution is 0.0382. The third-order valence-electron chi connectivity index (χ3n) is 3.94. The summed E-state index contributed by atoms with van der Waals surface area (Å²) in [6, 6.07) is 0.526. The zero-order chi connectivity index (χ0) is 12.4. The van der Waals surface area contributed by atoms with Crippen LogP contribution in [-0.2, 0) is 17.6 Å². The van der Waals surface area contributed by atoms with E-state index in [1.54, 1.807) is 0 Å². The molecular weight excluding hydrogens is 228 g/mol. The predicted molar refractivity (Wildman–Crippen MR) is 68.6 cm³/mol. The van der Waals surface area contributed by atoms with E-state index in [2.05, 4.69) is 26.6 Å². The highest BCUT2D eigenvalue weighted by atomic mass is 16.5. The minimum atomic E-state index is 0.526. The summed E-state index contributed by atoms with van der Waals surface area (Å²) in [5, 5.41) is 4.66. The van der Waals surface area contributed by atoms with Crippen molar-refractivity contribution in [3.05, 3.63) is 11.6 Å². The fourth-order valence-corrected chi connectivity index (χ4v) is 2.79. The molecule has 0 aliphatic carbocycles. The number of aryl methyl sites for hydroxylation is 1. The van der Waals surface area contributed by atoms with E-state index in [0.29, 0.717) is 6.04 Å². The Hall–Kier alpha value is -0.940. The molecule has 0 saturated carbocycles. The summed E-state index contributed by atoms with van der Waals surface area (Å²) in [5.41, 5.74) is 0. The van der Waals surface area contributed by atoms with Crippen molar-refractivity contribution >= 4 is 0 Å². The Morgan fingerprint density at radius 1 is 1.33 bits per heavy atom. The Bertz CT molecular complexity index is 398. The lowest BCUT2D eigenvalue weighted by Crippen LogP contribution is -2.37. The summed E-state index contributed by atoms with van der Waals surface area (Å²) >= 11 is 0. The van der Waals surface area contributed by atoms with E-state index < -0.39 is 0 Å². The van der Waals surface area contributed by atoms with Gasteiger partial charge in [-0.1, -0.05) is 0 Å². The van der Waals surface area contributed by atoms with Gasteiger partial charge in [0.15, 0.2) is 5.82 Å². The topological polar surface area (TPSA) is 43.2 Å². The molecule has 18 heavy (non-hydrogen) atoms. The maximum Gasteiger partial charge on any atom is 0.152 e. The Morgan fingerprint density at radius 3 is 2.94 bits per heavy atom. The van der Waals surface area contributed by atoms with Crippen molar-refractivity contribution in [3.8, 4) is 0 Å². The lowest BCUT2D eigenvalue weighted by Gasteiger charge is -2.25. The SMILES string of the molecule is CC1CCCc2nc(CCN3CCOCC3)nn21. The van der Waals surface area contributed by atoms with Crippen LogP contribution >= 0.6 is 0 Å². The maximum absolute atomic E-state index is 5.36. The highest BCUT2D eigenvalue weighted by Gasteiger charge is 2.20. The lowest BCUT2D eigenvalue weighted by atomic mass is 10.1. The summed E-state index contributed by atoms with van der Waals surface area (Å²) in [6.07, 6.45) is 4.55. The maximum atomic E-state index is 5.36. The van der Waals surface area contributed by atoms with E-state index in [1.807, 2.05) is 0 Å². The van der Waals surface area contributed by atoms with Crippen LogP contribution in [0.4, 0.5) is 0 Å².